The second-order valence-electron chi connectivity index (χ2n) is 4.49. The van der Waals surface area contributed by atoms with Crippen LogP contribution in [0.4, 0.5) is 0 Å². The summed E-state index contributed by atoms with van der Waals surface area (Å²) < 4.78 is 0. The molecule has 5 heteroatoms. The van der Waals surface area contributed by atoms with E-state index in [1.165, 1.54) is 0 Å². The van der Waals surface area contributed by atoms with Gasteiger partial charge in [-0.3, -0.25) is 4.79 Å². The Hall–Kier alpha value is -0.970. The van der Waals surface area contributed by atoms with Gasteiger partial charge in [-0.25, -0.2) is 0 Å². The Balaban J connectivity index is 2.68. The number of aryl methyl sites for hydroxylation is 2. The molecular formula is C13H20BrN3O. The first-order chi connectivity index (χ1) is 8.58. The standard InChI is InChI=1S/C13H20BrN3O/c1-4-12-11(7-10(3)16-17-12)13(18)15-8-9(2)5-6-14/h7,9H,4-6,8H2,1-3H3,(H,15,18). The van der Waals surface area contributed by atoms with Gasteiger partial charge in [-0.05, 0) is 31.7 Å². The summed E-state index contributed by atoms with van der Waals surface area (Å²) in [5.41, 5.74) is 2.17. The molecule has 100 valence electrons. The van der Waals surface area contributed by atoms with Crippen molar-refractivity contribution >= 4 is 21.8 Å². The highest BCUT2D eigenvalue weighted by atomic mass is 79.9. The lowest BCUT2D eigenvalue weighted by Crippen LogP contribution is -2.29. The molecule has 0 saturated heterocycles. The van der Waals surface area contributed by atoms with Crippen molar-refractivity contribution in [2.24, 2.45) is 5.92 Å². The predicted octanol–water partition coefficient (Wildman–Crippen LogP) is 2.50. The van der Waals surface area contributed by atoms with Gasteiger partial charge in [0, 0.05) is 11.9 Å². The van der Waals surface area contributed by atoms with Crippen LogP contribution < -0.4 is 5.32 Å². The van der Waals surface area contributed by atoms with E-state index in [2.05, 4.69) is 38.4 Å². The molecule has 1 aromatic rings. The Kier molecular flexibility index (Phi) is 6.25. The molecule has 0 aromatic carbocycles. The van der Waals surface area contributed by atoms with Crippen LogP contribution in [-0.4, -0.2) is 28.0 Å². The third-order valence-electron chi connectivity index (χ3n) is 2.79. The van der Waals surface area contributed by atoms with E-state index in [0.29, 0.717) is 24.4 Å². The Bertz CT molecular complexity index is 409. The molecule has 0 fully saturated rings. The third kappa shape index (κ3) is 4.37. The second kappa shape index (κ2) is 7.46. The van der Waals surface area contributed by atoms with E-state index in [0.717, 1.165) is 23.1 Å². The SMILES string of the molecule is CCc1nnc(C)cc1C(=O)NCC(C)CCBr. The van der Waals surface area contributed by atoms with Crippen molar-refractivity contribution in [1.82, 2.24) is 15.5 Å². The van der Waals surface area contributed by atoms with Crippen LogP contribution in [0.25, 0.3) is 0 Å². The number of nitrogens with one attached hydrogen (secondary N) is 1. The maximum Gasteiger partial charge on any atom is 0.253 e. The van der Waals surface area contributed by atoms with Crippen molar-refractivity contribution in [1.29, 1.82) is 0 Å². The molecule has 0 bridgehead atoms. The van der Waals surface area contributed by atoms with Crippen LogP contribution in [0.5, 0.6) is 0 Å². The van der Waals surface area contributed by atoms with E-state index in [4.69, 9.17) is 0 Å². The van der Waals surface area contributed by atoms with Gasteiger partial charge in [0.2, 0.25) is 0 Å². The molecular weight excluding hydrogens is 294 g/mol. The highest BCUT2D eigenvalue weighted by Crippen LogP contribution is 2.08. The lowest BCUT2D eigenvalue weighted by atomic mass is 10.1. The number of carbonyl (C=O) groups excluding carboxylic acids is 1. The van der Waals surface area contributed by atoms with Gasteiger partial charge in [0.25, 0.3) is 5.91 Å². The van der Waals surface area contributed by atoms with Gasteiger partial charge in [0.05, 0.1) is 17.0 Å². The zero-order valence-corrected chi connectivity index (χ0v) is 12.7. The Morgan fingerprint density at radius 1 is 1.50 bits per heavy atom. The topological polar surface area (TPSA) is 54.9 Å². The Morgan fingerprint density at radius 3 is 2.83 bits per heavy atom. The van der Waals surface area contributed by atoms with Crippen molar-refractivity contribution in [3.63, 3.8) is 0 Å². The molecule has 0 aliphatic rings. The smallest absolute Gasteiger partial charge is 0.253 e. The second-order valence-corrected chi connectivity index (χ2v) is 5.29. The average Bonchev–Trinajstić information content (AvgIpc) is 2.36. The van der Waals surface area contributed by atoms with Crippen molar-refractivity contribution in [2.75, 3.05) is 11.9 Å². The van der Waals surface area contributed by atoms with Gasteiger partial charge in [-0.1, -0.05) is 29.8 Å². The molecule has 18 heavy (non-hydrogen) atoms. The average molecular weight is 314 g/mol. The van der Waals surface area contributed by atoms with Crippen molar-refractivity contribution in [3.8, 4) is 0 Å². The van der Waals surface area contributed by atoms with E-state index in [9.17, 15) is 4.79 Å². The molecule has 1 heterocycles. The largest absolute Gasteiger partial charge is 0.352 e. The summed E-state index contributed by atoms with van der Waals surface area (Å²) >= 11 is 3.40. The minimum absolute atomic E-state index is 0.0497. The molecule has 1 rings (SSSR count). The van der Waals surface area contributed by atoms with E-state index >= 15 is 0 Å². The molecule has 0 radical (unpaired) electrons. The van der Waals surface area contributed by atoms with Crippen molar-refractivity contribution in [2.45, 2.75) is 33.6 Å². The monoisotopic (exact) mass is 313 g/mol. The van der Waals surface area contributed by atoms with Crippen molar-refractivity contribution in [3.05, 3.63) is 23.0 Å². The predicted molar refractivity (Wildman–Crippen MR) is 76.1 cm³/mol. The number of alkyl halides is 1. The summed E-state index contributed by atoms with van der Waals surface area (Å²) in [6.07, 6.45) is 1.77. The fourth-order valence-corrected chi connectivity index (χ4v) is 2.40. The molecule has 1 N–H and O–H groups in total. The number of aromatic nitrogens is 2. The lowest BCUT2D eigenvalue weighted by molar-refractivity contribution is 0.0946. The zero-order chi connectivity index (χ0) is 13.5. The zero-order valence-electron chi connectivity index (χ0n) is 11.2. The van der Waals surface area contributed by atoms with Gasteiger partial charge in [0.15, 0.2) is 0 Å². The first-order valence-corrected chi connectivity index (χ1v) is 7.38. The number of amides is 1. The molecule has 1 aromatic heterocycles. The highest BCUT2D eigenvalue weighted by Gasteiger charge is 2.13. The number of hydrogen-bond donors (Lipinski definition) is 1. The molecule has 0 aliphatic carbocycles. The van der Waals surface area contributed by atoms with E-state index < -0.39 is 0 Å². The van der Waals surface area contributed by atoms with Crippen LogP contribution in [0.1, 0.15) is 42.0 Å². The van der Waals surface area contributed by atoms with Crippen LogP contribution in [0.3, 0.4) is 0 Å². The first-order valence-electron chi connectivity index (χ1n) is 6.25. The number of hydrogen-bond acceptors (Lipinski definition) is 3. The molecule has 1 atom stereocenters. The summed E-state index contributed by atoms with van der Waals surface area (Å²) in [4.78, 5) is 12.1. The number of nitrogens with zero attached hydrogens (tertiary/aromatic N) is 2. The van der Waals surface area contributed by atoms with Gasteiger partial charge in [-0.15, -0.1) is 0 Å². The number of halogens is 1. The minimum atomic E-state index is -0.0497. The van der Waals surface area contributed by atoms with E-state index in [1.54, 1.807) is 6.07 Å². The normalized spacial score (nSPS) is 12.2. The van der Waals surface area contributed by atoms with E-state index in [1.807, 2.05) is 13.8 Å². The quantitative estimate of drug-likeness (QED) is 0.821. The van der Waals surface area contributed by atoms with Gasteiger partial charge in [-0.2, -0.15) is 10.2 Å². The molecule has 0 saturated carbocycles. The molecule has 0 spiro atoms. The van der Waals surface area contributed by atoms with E-state index in [-0.39, 0.29) is 5.91 Å². The minimum Gasteiger partial charge on any atom is -0.352 e. The van der Waals surface area contributed by atoms with Crippen LogP contribution in [0.2, 0.25) is 0 Å². The fraction of sp³-hybridized carbons (Fsp3) is 0.615. The summed E-state index contributed by atoms with van der Waals surface area (Å²) in [5, 5.41) is 12.0. The van der Waals surface area contributed by atoms with Gasteiger partial charge >= 0.3 is 0 Å². The summed E-state index contributed by atoms with van der Waals surface area (Å²) in [6, 6.07) is 1.80. The number of rotatable bonds is 6. The molecule has 0 aliphatic heterocycles. The summed E-state index contributed by atoms with van der Waals surface area (Å²) in [6.45, 7) is 6.63. The maximum absolute atomic E-state index is 12.1. The van der Waals surface area contributed by atoms with Crippen LogP contribution >= 0.6 is 15.9 Å². The maximum atomic E-state index is 12.1. The number of carbonyl (C=O) groups is 1. The fourth-order valence-electron chi connectivity index (χ4n) is 1.62. The first kappa shape index (κ1) is 15.1. The Morgan fingerprint density at radius 2 is 2.22 bits per heavy atom. The summed E-state index contributed by atoms with van der Waals surface area (Å²) in [5.74, 6) is 0.417. The van der Waals surface area contributed by atoms with Crippen LogP contribution in [0, 0.1) is 12.8 Å². The van der Waals surface area contributed by atoms with Crippen LogP contribution in [0.15, 0.2) is 6.07 Å². The van der Waals surface area contributed by atoms with Gasteiger partial charge in [0.1, 0.15) is 0 Å². The van der Waals surface area contributed by atoms with Crippen LogP contribution in [-0.2, 0) is 6.42 Å². The molecule has 1 unspecified atom stereocenters. The van der Waals surface area contributed by atoms with Crippen molar-refractivity contribution < 1.29 is 4.79 Å². The highest BCUT2D eigenvalue weighted by molar-refractivity contribution is 9.09. The van der Waals surface area contributed by atoms with Gasteiger partial charge < -0.3 is 5.32 Å². The molecule has 4 nitrogen and oxygen atoms in total. The molecule has 1 amide bonds. The summed E-state index contributed by atoms with van der Waals surface area (Å²) in [7, 11) is 0. The third-order valence-corrected chi connectivity index (χ3v) is 3.24. The lowest BCUT2D eigenvalue weighted by Gasteiger charge is -2.12. The Labute approximate surface area is 117 Å².